The lowest BCUT2D eigenvalue weighted by atomic mass is 10.1. The van der Waals surface area contributed by atoms with Crippen molar-refractivity contribution in [2.45, 2.75) is 26.5 Å². The summed E-state index contributed by atoms with van der Waals surface area (Å²) in [6.45, 7) is 6.56. The van der Waals surface area contributed by atoms with Crippen LogP contribution in [0, 0.1) is 6.92 Å². The van der Waals surface area contributed by atoms with Gasteiger partial charge in [0, 0.05) is 17.5 Å². The molecule has 0 spiro atoms. The van der Waals surface area contributed by atoms with Crippen LogP contribution >= 0.6 is 11.8 Å². The molecule has 174 valence electrons. The molecule has 0 saturated heterocycles. The minimum atomic E-state index is -0.528. The lowest BCUT2D eigenvalue weighted by molar-refractivity contribution is -0.0000434. The number of hydrogen-bond acceptors (Lipinski definition) is 8. The Morgan fingerprint density at radius 1 is 1.12 bits per heavy atom. The molecule has 0 radical (unpaired) electrons. The van der Waals surface area contributed by atoms with Gasteiger partial charge in [0.25, 0.3) is 0 Å². The number of nitrogens with two attached hydrogens (primary N) is 1. The number of benzene rings is 1. The molecule has 0 bridgehead atoms. The number of nitrogens with zero attached hydrogens (tertiary/aromatic N) is 1. The molecule has 0 saturated carbocycles. The van der Waals surface area contributed by atoms with Gasteiger partial charge in [-0.15, -0.1) is 0 Å². The van der Waals surface area contributed by atoms with E-state index in [2.05, 4.69) is 9.98 Å². The number of esters is 2. The largest absolute Gasteiger partial charge is 1.00 e. The first-order valence-electron chi connectivity index (χ1n) is 9.86. The Morgan fingerprint density at radius 2 is 1.78 bits per heavy atom. The van der Waals surface area contributed by atoms with Crippen molar-refractivity contribution in [1.82, 2.24) is 4.98 Å². The molecule has 2 aromatic rings. The summed E-state index contributed by atoms with van der Waals surface area (Å²) in [7, 11) is 0. The van der Waals surface area contributed by atoms with Crippen molar-refractivity contribution in [2.75, 3.05) is 26.4 Å². The smallest absolute Gasteiger partial charge is 0.355 e. The number of thioether (sulfide) groups is 1. The van der Waals surface area contributed by atoms with Crippen LogP contribution < -0.4 is 27.6 Å². The first-order valence-corrected chi connectivity index (χ1v) is 10.8. The van der Waals surface area contributed by atoms with Crippen LogP contribution in [0.1, 0.15) is 46.0 Å². The van der Waals surface area contributed by atoms with E-state index in [-0.39, 0.29) is 42.2 Å². The van der Waals surface area contributed by atoms with E-state index >= 15 is 0 Å². The molecule has 1 aromatic carbocycles. The molecule has 2 heterocycles. The minimum Gasteiger partial charge on any atom is -1.00 e. The zero-order valence-corrected chi connectivity index (χ0v) is 19.6. The highest BCUT2D eigenvalue weighted by atomic mass is 35.5. The van der Waals surface area contributed by atoms with E-state index in [1.165, 1.54) is 11.8 Å². The van der Waals surface area contributed by atoms with Crippen molar-refractivity contribution in [3.63, 3.8) is 0 Å². The third-order valence-electron chi connectivity index (χ3n) is 4.42. The summed E-state index contributed by atoms with van der Waals surface area (Å²) in [4.78, 5) is 32.1. The highest BCUT2D eigenvalue weighted by molar-refractivity contribution is 8.13. The van der Waals surface area contributed by atoms with Crippen molar-refractivity contribution in [2.24, 2.45) is 10.7 Å². The summed E-state index contributed by atoms with van der Waals surface area (Å²) in [5, 5.41) is 0.288. The second-order valence-electron chi connectivity index (χ2n) is 6.49. The summed E-state index contributed by atoms with van der Waals surface area (Å²) in [5.41, 5.74) is 8.24. The number of fused-ring (bicyclic) bond motifs is 1. The average Bonchev–Trinajstić information content (AvgIpc) is 3.09. The van der Waals surface area contributed by atoms with Crippen molar-refractivity contribution in [3.05, 3.63) is 40.7 Å². The van der Waals surface area contributed by atoms with Gasteiger partial charge in [-0.3, -0.25) is 0 Å². The lowest BCUT2D eigenvalue weighted by Gasteiger charge is -2.18. The quantitative estimate of drug-likeness (QED) is 0.328. The number of H-pyrrole nitrogens is 1. The zero-order chi connectivity index (χ0) is 22.4. The molecule has 11 heteroatoms. The van der Waals surface area contributed by atoms with E-state index in [4.69, 9.17) is 24.7 Å². The molecule has 0 atom stereocenters. The molecular weight excluding hydrogens is 458 g/mol. The van der Waals surface area contributed by atoms with Gasteiger partial charge in [-0.2, -0.15) is 0 Å². The number of amidine groups is 1. The maximum Gasteiger partial charge on any atom is 0.355 e. The van der Waals surface area contributed by atoms with Crippen LogP contribution in [-0.2, 0) is 15.2 Å². The van der Waals surface area contributed by atoms with E-state index in [1.807, 2.05) is 0 Å². The molecule has 0 fully saturated rings. The van der Waals surface area contributed by atoms with Crippen LogP contribution in [0.4, 0.5) is 5.69 Å². The fourth-order valence-electron chi connectivity index (χ4n) is 3.06. The van der Waals surface area contributed by atoms with E-state index in [9.17, 15) is 9.59 Å². The molecule has 0 unspecified atom stereocenters. The summed E-state index contributed by atoms with van der Waals surface area (Å²) in [6, 6.07) is 5.32. The van der Waals surface area contributed by atoms with E-state index in [0.29, 0.717) is 47.2 Å². The number of ether oxygens (including phenoxy) is 4. The Hall–Kier alpha value is -2.85. The summed E-state index contributed by atoms with van der Waals surface area (Å²) in [5.74, 6) is 0.538. The predicted molar refractivity (Wildman–Crippen MR) is 117 cm³/mol. The molecule has 3 rings (SSSR count). The van der Waals surface area contributed by atoms with Gasteiger partial charge >= 0.3 is 11.9 Å². The Bertz CT molecular complexity index is 1010. The number of aromatic nitrogens is 1. The number of aromatic amines is 1. The Morgan fingerprint density at radius 3 is 2.47 bits per heavy atom. The zero-order valence-electron chi connectivity index (χ0n) is 18.0. The highest BCUT2D eigenvalue weighted by Crippen LogP contribution is 2.34. The second kappa shape index (κ2) is 11.7. The average molecular weight is 483 g/mol. The summed E-state index contributed by atoms with van der Waals surface area (Å²) >= 11 is 1.22. The van der Waals surface area contributed by atoms with E-state index in [0.717, 1.165) is 0 Å². The number of carbonyl (C=O) groups excluding carboxylic acids is 2. The summed E-state index contributed by atoms with van der Waals surface area (Å²) in [6.07, 6.45) is 0. The van der Waals surface area contributed by atoms with E-state index < -0.39 is 11.9 Å². The standard InChI is InChI=1S/C21H25N3O6S.ClH/c1-4-27-19(25)17-12(3)18(20(26)28-5-2)24-14(17)11-31-21(22)23-13-6-7-15-16(10-13)30-9-8-29-15;/h6-7,10,24H,4-5,8-9,11H2,1-3H3,(H2,22,23);1H/p-1. The van der Waals surface area contributed by atoms with Crippen molar-refractivity contribution < 1.29 is 40.9 Å². The molecule has 9 nitrogen and oxygen atoms in total. The maximum absolute atomic E-state index is 12.5. The van der Waals surface area contributed by atoms with Gasteiger partial charge in [0.2, 0.25) is 0 Å². The molecule has 1 aromatic heterocycles. The molecule has 32 heavy (non-hydrogen) atoms. The SMILES string of the molecule is CCOC(=O)c1[nH]c(CSC(N)=Nc2ccc3c(c2)OCCO3)c(C(=O)OCC)c1C.[Cl-]. The maximum atomic E-state index is 12.5. The third-order valence-corrected chi connectivity index (χ3v) is 5.24. The van der Waals surface area contributed by atoms with Gasteiger partial charge in [0.15, 0.2) is 16.7 Å². The van der Waals surface area contributed by atoms with Crippen LogP contribution in [0.5, 0.6) is 11.5 Å². The third kappa shape index (κ3) is 5.89. The molecule has 1 aliphatic heterocycles. The van der Waals surface area contributed by atoms with Gasteiger partial charge in [-0.05, 0) is 38.5 Å². The first kappa shape index (κ1) is 25.4. The van der Waals surface area contributed by atoms with Crippen LogP contribution in [0.2, 0.25) is 0 Å². The fraction of sp³-hybridized carbons (Fsp3) is 0.381. The molecular formula is C21H25ClN3O6S-. The monoisotopic (exact) mass is 482 g/mol. The Kier molecular flexibility index (Phi) is 9.27. The Balaban J connectivity index is 0.00000363. The minimum absolute atomic E-state index is 0. The fourth-order valence-corrected chi connectivity index (χ4v) is 3.74. The van der Waals surface area contributed by atoms with Crippen molar-refractivity contribution in [1.29, 1.82) is 0 Å². The van der Waals surface area contributed by atoms with Crippen molar-refractivity contribution in [3.8, 4) is 11.5 Å². The molecule has 1 aliphatic rings. The topological polar surface area (TPSA) is 125 Å². The number of nitrogens with one attached hydrogen (secondary N) is 1. The summed E-state index contributed by atoms with van der Waals surface area (Å²) < 4.78 is 21.3. The molecule has 0 aliphatic carbocycles. The van der Waals surface area contributed by atoms with Gasteiger partial charge in [-0.1, -0.05) is 11.8 Å². The second-order valence-corrected chi connectivity index (χ2v) is 7.48. The Labute approximate surface area is 196 Å². The van der Waals surface area contributed by atoms with Gasteiger partial charge in [0.05, 0.1) is 24.5 Å². The first-order chi connectivity index (χ1) is 14.9. The molecule has 3 N–H and O–H groups in total. The van der Waals surface area contributed by atoms with Gasteiger partial charge < -0.3 is 42.1 Å². The van der Waals surface area contributed by atoms with Crippen LogP contribution in [-0.4, -0.2) is 48.5 Å². The number of carbonyl (C=O) groups is 2. The number of rotatable bonds is 7. The van der Waals surface area contributed by atoms with Crippen LogP contribution in [0.3, 0.4) is 0 Å². The van der Waals surface area contributed by atoms with Gasteiger partial charge in [-0.25, -0.2) is 14.6 Å². The number of hydrogen-bond donors (Lipinski definition) is 2. The van der Waals surface area contributed by atoms with Gasteiger partial charge in [0.1, 0.15) is 18.9 Å². The molecule has 0 amide bonds. The lowest BCUT2D eigenvalue weighted by Crippen LogP contribution is -3.00. The predicted octanol–water partition coefficient (Wildman–Crippen LogP) is 0.331. The van der Waals surface area contributed by atoms with Crippen LogP contribution in [0.25, 0.3) is 0 Å². The normalized spacial score (nSPS) is 12.7. The van der Waals surface area contributed by atoms with E-state index in [1.54, 1.807) is 39.0 Å². The highest BCUT2D eigenvalue weighted by Gasteiger charge is 2.25. The number of aliphatic imine (C=N–C) groups is 1. The number of halogens is 1. The van der Waals surface area contributed by atoms with Crippen LogP contribution in [0.15, 0.2) is 23.2 Å². The van der Waals surface area contributed by atoms with Crippen molar-refractivity contribution >= 4 is 34.6 Å².